The lowest BCUT2D eigenvalue weighted by Crippen LogP contribution is -2.33. The number of nitrogens with one attached hydrogen (secondary N) is 1. The maximum absolute atomic E-state index is 6.46. The molecule has 5 rings (SSSR count). The quantitative estimate of drug-likeness (QED) is 0.328. The highest BCUT2D eigenvalue weighted by molar-refractivity contribution is 6.30. The third-order valence-electron chi connectivity index (χ3n) is 6.68. The van der Waals surface area contributed by atoms with Gasteiger partial charge >= 0.3 is 0 Å². The molecule has 0 amide bonds. The average Bonchev–Trinajstić information content (AvgIpc) is 3.53. The second kappa shape index (κ2) is 10.5. The average molecular weight is 526 g/mol. The Morgan fingerprint density at radius 2 is 2.00 bits per heavy atom. The van der Waals surface area contributed by atoms with Crippen molar-refractivity contribution in [2.24, 2.45) is 0 Å². The fraction of sp³-hybridized carbons (Fsp3) is 0.480. The van der Waals surface area contributed by atoms with E-state index < -0.39 is 0 Å². The van der Waals surface area contributed by atoms with Gasteiger partial charge in [-0.15, -0.1) is 10.2 Å². The monoisotopic (exact) mass is 525 g/mol. The summed E-state index contributed by atoms with van der Waals surface area (Å²) in [7, 11) is 3.26. The summed E-state index contributed by atoms with van der Waals surface area (Å²) in [5.41, 5.74) is 4.75. The fourth-order valence-electron chi connectivity index (χ4n) is 4.60. The minimum atomic E-state index is 0.322. The van der Waals surface area contributed by atoms with Crippen LogP contribution in [0.15, 0.2) is 18.2 Å². The van der Waals surface area contributed by atoms with Crippen molar-refractivity contribution in [3.05, 3.63) is 51.7 Å². The molecule has 4 aromatic rings. The molecule has 0 radical (unpaired) electrons. The van der Waals surface area contributed by atoms with Gasteiger partial charge in [-0.1, -0.05) is 16.8 Å². The second-order valence-corrected chi connectivity index (χ2v) is 9.80. The lowest BCUT2D eigenvalue weighted by molar-refractivity contribution is 0.249. The predicted octanol–water partition coefficient (Wildman–Crippen LogP) is 3.49. The van der Waals surface area contributed by atoms with Crippen LogP contribution in [-0.2, 0) is 25.9 Å². The van der Waals surface area contributed by atoms with Crippen molar-refractivity contribution in [1.82, 2.24) is 39.5 Å². The highest BCUT2D eigenvalue weighted by Crippen LogP contribution is 2.26. The molecule has 11 nitrogen and oxygen atoms in total. The number of benzene rings is 1. The molecular weight excluding hydrogens is 494 g/mol. The van der Waals surface area contributed by atoms with Gasteiger partial charge in [0.1, 0.15) is 16.7 Å². The molecule has 37 heavy (non-hydrogen) atoms. The van der Waals surface area contributed by atoms with E-state index in [0.717, 1.165) is 60.2 Å². The summed E-state index contributed by atoms with van der Waals surface area (Å²) in [5.74, 6) is 2.72. The first kappa shape index (κ1) is 25.2. The Balaban J connectivity index is 1.31. The topological polar surface area (TPSA) is 108 Å². The first-order valence-electron chi connectivity index (χ1n) is 12.4. The van der Waals surface area contributed by atoms with Crippen LogP contribution in [0.1, 0.15) is 48.2 Å². The van der Waals surface area contributed by atoms with Gasteiger partial charge in [-0.2, -0.15) is 4.52 Å². The standard InChI is InChI=1S/C25H32ClN9O2/c1-15(2)34-20-8-10-33(14-19(20)30-32-34)11-9-22-28-24-16(3)23(26)29-25(35(24)31-22)27-13-17-6-7-18(36-4)12-21(17)37-5/h6-7,12,15H,8-11,13-14H2,1-5H3,(H,27,29). The van der Waals surface area contributed by atoms with Crippen molar-refractivity contribution in [3.8, 4) is 11.5 Å². The van der Waals surface area contributed by atoms with E-state index in [4.69, 9.17) is 31.2 Å². The van der Waals surface area contributed by atoms with Crippen molar-refractivity contribution >= 4 is 23.2 Å². The van der Waals surface area contributed by atoms with Gasteiger partial charge < -0.3 is 14.8 Å². The number of methoxy groups -OCH3 is 2. The van der Waals surface area contributed by atoms with Gasteiger partial charge in [-0.05, 0) is 32.9 Å². The van der Waals surface area contributed by atoms with Gasteiger partial charge in [0.15, 0.2) is 11.5 Å². The molecule has 0 unspecified atom stereocenters. The molecule has 0 aliphatic carbocycles. The summed E-state index contributed by atoms with van der Waals surface area (Å²) >= 11 is 6.46. The van der Waals surface area contributed by atoms with Crippen molar-refractivity contribution in [2.75, 3.05) is 32.6 Å². The number of hydrogen-bond donors (Lipinski definition) is 1. The molecule has 1 aliphatic rings. The van der Waals surface area contributed by atoms with Crippen molar-refractivity contribution < 1.29 is 9.47 Å². The van der Waals surface area contributed by atoms with E-state index in [1.54, 1.807) is 18.7 Å². The van der Waals surface area contributed by atoms with Gasteiger partial charge in [0.2, 0.25) is 5.95 Å². The minimum Gasteiger partial charge on any atom is -0.497 e. The Kier molecular flexibility index (Phi) is 7.16. The Hall–Kier alpha value is -3.44. The first-order valence-corrected chi connectivity index (χ1v) is 12.8. The number of ether oxygens (including phenoxy) is 2. The van der Waals surface area contributed by atoms with Gasteiger partial charge in [0.05, 0.1) is 25.6 Å². The van der Waals surface area contributed by atoms with E-state index in [1.807, 2.05) is 29.8 Å². The first-order chi connectivity index (χ1) is 17.9. The largest absolute Gasteiger partial charge is 0.497 e. The summed E-state index contributed by atoms with van der Waals surface area (Å²) in [5, 5.41) is 17.2. The second-order valence-electron chi connectivity index (χ2n) is 9.44. The number of fused-ring (bicyclic) bond motifs is 2. The van der Waals surface area contributed by atoms with E-state index in [-0.39, 0.29) is 0 Å². The Morgan fingerprint density at radius 3 is 2.76 bits per heavy atom. The van der Waals surface area contributed by atoms with E-state index in [1.165, 1.54) is 5.69 Å². The number of anilines is 1. The number of aryl methyl sites for hydroxylation is 1. The molecule has 0 saturated carbocycles. The molecule has 0 atom stereocenters. The molecule has 196 valence electrons. The molecule has 1 aliphatic heterocycles. The fourth-order valence-corrected chi connectivity index (χ4v) is 4.77. The molecule has 0 bridgehead atoms. The summed E-state index contributed by atoms with van der Waals surface area (Å²) in [6.45, 7) is 9.23. The summed E-state index contributed by atoms with van der Waals surface area (Å²) in [6.07, 6.45) is 1.65. The van der Waals surface area contributed by atoms with Crippen LogP contribution < -0.4 is 14.8 Å². The Morgan fingerprint density at radius 1 is 1.16 bits per heavy atom. The van der Waals surface area contributed by atoms with Crippen LogP contribution >= 0.6 is 11.6 Å². The van der Waals surface area contributed by atoms with Gasteiger partial charge in [-0.3, -0.25) is 4.90 Å². The van der Waals surface area contributed by atoms with Crippen LogP contribution in [0.5, 0.6) is 11.5 Å². The van der Waals surface area contributed by atoms with Gasteiger partial charge in [0, 0.05) is 62.3 Å². The molecule has 1 N–H and O–H groups in total. The number of hydrogen-bond acceptors (Lipinski definition) is 9. The van der Waals surface area contributed by atoms with Crippen LogP contribution in [0.3, 0.4) is 0 Å². The van der Waals surface area contributed by atoms with E-state index in [9.17, 15) is 0 Å². The minimum absolute atomic E-state index is 0.322. The number of nitrogens with zero attached hydrogens (tertiary/aromatic N) is 8. The maximum atomic E-state index is 6.46. The molecule has 0 saturated heterocycles. The van der Waals surface area contributed by atoms with Crippen LogP contribution in [0, 0.1) is 6.92 Å². The van der Waals surface area contributed by atoms with Crippen LogP contribution in [0.4, 0.5) is 5.95 Å². The molecule has 0 fully saturated rings. The molecular formula is C25H32ClN9O2. The Bertz CT molecular complexity index is 1420. The predicted molar refractivity (Wildman–Crippen MR) is 140 cm³/mol. The normalized spacial score (nSPS) is 13.8. The van der Waals surface area contributed by atoms with Crippen molar-refractivity contribution in [1.29, 1.82) is 0 Å². The zero-order chi connectivity index (χ0) is 26.1. The highest BCUT2D eigenvalue weighted by atomic mass is 35.5. The lowest BCUT2D eigenvalue weighted by atomic mass is 10.1. The summed E-state index contributed by atoms with van der Waals surface area (Å²) in [4.78, 5) is 11.7. The zero-order valence-electron chi connectivity index (χ0n) is 21.8. The molecule has 1 aromatic carbocycles. The molecule has 4 heterocycles. The lowest BCUT2D eigenvalue weighted by Gasteiger charge is -2.26. The SMILES string of the molecule is COc1ccc(CNc2nc(Cl)c(C)c3nc(CCN4CCc5c(nnn5C(C)C)C4)nn23)c(OC)c1. The van der Waals surface area contributed by atoms with Gasteiger partial charge in [-0.25, -0.2) is 14.6 Å². The van der Waals surface area contributed by atoms with Crippen molar-refractivity contribution in [3.63, 3.8) is 0 Å². The van der Waals surface area contributed by atoms with Crippen LogP contribution in [0.25, 0.3) is 5.65 Å². The van der Waals surface area contributed by atoms with Crippen molar-refractivity contribution in [2.45, 2.75) is 52.7 Å². The number of rotatable bonds is 9. The summed E-state index contributed by atoms with van der Waals surface area (Å²) < 4.78 is 14.6. The maximum Gasteiger partial charge on any atom is 0.227 e. The third-order valence-corrected chi connectivity index (χ3v) is 7.05. The third kappa shape index (κ3) is 5.05. The number of halogens is 1. The molecule has 0 spiro atoms. The Labute approximate surface area is 220 Å². The number of aromatic nitrogens is 7. The van der Waals surface area contributed by atoms with Crippen LogP contribution in [0.2, 0.25) is 5.15 Å². The smallest absolute Gasteiger partial charge is 0.227 e. The molecule has 12 heteroatoms. The highest BCUT2D eigenvalue weighted by Gasteiger charge is 2.23. The van der Waals surface area contributed by atoms with Gasteiger partial charge in [0.25, 0.3) is 0 Å². The van der Waals surface area contributed by atoms with E-state index in [0.29, 0.717) is 35.8 Å². The van der Waals surface area contributed by atoms with E-state index in [2.05, 4.69) is 39.4 Å². The van der Waals surface area contributed by atoms with E-state index >= 15 is 0 Å². The summed E-state index contributed by atoms with van der Waals surface area (Å²) in [6, 6.07) is 6.02. The molecule has 3 aromatic heterocycles. The van der Waals surface area contributed by atoms with Crippen LogP contribution in [-0.4, -0.2) is 66.8 Å². The zero-order valence-corrected chi connectivity index (χ0v) is 22.6.